The van der Waals surface area contributed by atoms with E-state index in [0.29, 0.717) is 17.5 Å². The zero-order valence-corrected chi connectivity index (χ0v) is 13.0. The van der Waals surface area contributed by atoms with Gasteiger partial charge in [0.2, 0.25) is 5.71 Å². The Bertz CT molecular complexity index is 1070. The summed E-state index contributed by atoms with van der Waals surface area (Å²) in [4.78, 5) is 24.7. The minimum Gasteiger partial charge on any atom is -0.443 e. The quantitative estimate of drug-likeness (QED) is 0.750. The fourth-order valence-electron chi connectivity index (χ4n) is 3.18. The maximum absolute atomic E-state index is 12.6. The fraction of sp³-hybridized carbons (Fsp3) is 0.222. The van der Waals surface area contributed by atoms with Crippen molar-refractivity contribution in [3.05, 3.63) is 73.7 Å². The van der Waals surface area contributed by atoms with Gasteiger partial charge in [-0.05, 0) is 12.0 Å². The van der Waals surface area contributed by atoms with Crippen LogP contribution in [0.5, 0.6) is 0 Å². The van der Waals surface area contributed by atoms with Gasteiger partial charge in [0.05, 0.1) is 0 Å². The van der Waals surface area contributed by atoms with E-state index < -0.39 is 0 Å². The molecule has 0 atom stereocenters. The van der Waals surface area contributed by atoms with Gasteiger partial charge in [0.15, 0.2) is 0 Å². The molecule has 4 rings (SSSR count). The Hall–Kier alpha value is -2.82. The molecule has 5 nitrogen and oxygen atoms in total. The van der Waals surface area contributed by atoms with Gasteiger partial charge in [0.1, 0.15) is 11.1 Å². The first-order valence-corrected chi connectivity index (χ1v) is 7.51. The van der Waals surface area contributed by atoms with Gasteiger partial charge in [-0.15, -0.1) is 0 Å². The van der Waals surface area contributed by atoms with Crippen LogP contribution in [0.25, 0.3) is 17.2 Å². The number of rotatable bonds is 0. The molecule has 0 aliphatic heterocycles. The van der Waals surface area contributed by atoms with Crippen molar-refractivity contribution in [2.75, 3.05) is 0 Å². The van der Waals surface area contributed by atoms with Crippen molar-refractivity contribution in [2.24, 2.45) is 14.1 Å². The molecule has 0 fully saturated rings. The Kier molecular flexibility index (Phi) is 2.91. The molecule has 5 heteroatoms. The molecule has 23 heavy (non-hydrogen) atoms. The molecule has 0 amide bonds. The van der Waals surface area contributed by atoms with Gasteiger partial charge in [0.25, 0.3) is 5.56 Å². The van der Waals surface area contributed by atoms with Crippen molar-refractivity contribution in [1.82, 2.24) is 9.13 Å². The number of nitrogens with zero attached hydrogens (tertiary/aromatic N) is 2. The highest BCUT2D eigenvalue weighted by Crippen LogP contribution is 2.31. The molecule has 0 aromatic carbocycles. The van der Waals surface area contributed by atoms with Gasteiger partial charge in [-0.3, -0.25) is 13.9 Å². The van der Waals surface area contributed by atoms with Gasteiger partial charge < -0.3 is 4.42 Å². The smallest absolute Gasteiger partial charge is 0.333 e. The standard InChI is InChI=1S/C18H16N2O3/c1-19-16(21)15-13-8-7-11-5-3-4-6-12(9-11)10-14(13)23-17(15)20(2)18(19)22/h3-8H,9-10H2,1-2H3/b8-7-. The van der Waals surface area contributed by atoms with Gasteiger partial charge in [-0.2, -0.15) is 0 Å². The summed E-state index contributed by atoms with van der Waals surface area (Å²) in [7, 11) is 3.11. The Labute approximate surface area is 132 Å². The Morgan fingerprint density at radius 2 is 1.78 bits per heavy atom. The highest BCUT2D eigenvalue weighted by molar-refractivity contribution is 5.86. The molecule has 2 aromatic rings. The Morgan fingerprint density at radius 1 is 1.00 bits per heavy atom. The molecule has 2 aliphatic rings. The molecule has 0 N–H and O–H groups in total. The molecule has 0 saturated heterocycles. The summed E-state index contributed by atoms with van der Waals surface area (Å²) in [6, 6.07) is 0. The summed E-state index contributed by atoms with van der Waals surface area (Å²) >= 11 is 0. The first-order valence-electron chi connectivity index (χ1n) is 7.51. The molecular formula is C18H16N2O3. The predicted octanol–water partition coefficient (Wildman–Crippen LogP) is 2.21. The number of hydrogen-bond donors (Lipinski definition) is 0. The molecule has 0 spiro atoms. The van der Waals surface area contributed by atoms with E-state index >= 15 is 0 Å². The number of hydrogen-bond acceptors (Lipinski definition) is 3. The average Bonchev–Trinajstić information content (AvgIpc) is 2.71. The molecular weight excluding hydrogens is 292 g/mol. The Balaban J connectivity index is 2.10. The van der Waals surface area contributed by atoms with E-state index in [-0.39, 0.29) is 11.2 Å². The molecule has 0 saturated carbocycles. The molecule has 116 valence electrons. The normalized spacial score (nSPS) is 17.8. The third-order valence-electron chi connectivity index (χ3n) is 4.44. The van der Waals surface area contributed by atoms with Gasteiger partial charge >= 0.3 is 5.69 Å². The predicted molar refractivity (Wildman–Crippen MR) is 89.4 cm³/mol. The molecule has 2 aliphatic carbocycles. The van der Waals surface area contributed by atoms with Crippen molar-refractivity contribution in [3.63, 3.8) is 0 Å². The molecule has 0 radical (unpaired) electrons. The van der Waals surface area contributed by atoms with E-state index in [9.17, 15) is 9.59 Å². The number of aryl methyl sites for hydroxylation is 1. The number of fused-ring (bicyclic) bond motifs is 5. The third-order valence-corrected chi connectivity index (χ3v) is 4.44. The van der Waals surface area contributed by atoms with E-state index in [0.717, 1.165) is 22.3 Å². The van der Waals surface area contributed by atoms with E-state index in [4.69, 9.17) is 4.42 Å². The summed E-state index contributed by atoms with van der Waals surface area (Å²) in [5.41, 5.74) is 2.82. The van der Waals surface area contributed by atoms with Gasteiger partial charge in [-0.1, -0.05) is 42.0 Å². The minimum atomic E-state index is -0.381. The zero-order chi connectivity index (χ0) is 16.1. The van der Waals surface area contributed by atoms with Crippen LogP contribution in [0.1, 0.15) is 17.7 Å². The van der Waals surface area contributed by atoms with Crippen LogP contribution in [-0.2, 0) is 20.5 Å². The van der Waals surface area contributed by atoms with Crippen molar-refractivity contribution < 1.29 is 4.42 Å². The second kappa shape index (κ2) is 4.84. The number of aromatic nitrogens is 2. The summed E-state index contributed by atoms with van der Waals surface area (Å²) < 4.78 is 8.43. The van der Waals surface area contributed by atoms with E-state index in [2.05, 4.69) is 12.2 Å². The molecule has 0 unspecified atom stereocenters. The number of allylic oxidation sites excluding steroid dienone is 7. The Morgan fingerprint density at radius 3 is 2.61 bits per heavy atom. The lowest BCUT2D eigenvalue weighted by atomic mass is 9.96. The van der Waals surface area contributed by atoms with Crippen LogP contribution in [0.15, 0.2) is 55.5 Å². The topological polar surface area (TPSA) is 57.1 Å². The largest absolute Gasteiger partial charge is 0.443 e. The average molecular weight is 308 g/mol. The SMILES string of the molecule is Cn1c(=O)c2c3c(oc2n(C)c1=O)CC1=CC=CC=C(/C=C\3)C1. The van der Waals surface area contributed by atoms with Crippen molar-refractivity contribution >= 4 is 17.2 Å². The first kappa shape index (κ1) is 13.8. The maximum Gasteiger partial charge on any atom is 0.333 e. The van der Waals surface area contributed by atoms with Crippen LogP contribution < -0.4 is 11.2 Å². The lowest BCUT2D eigenvalue weighted by Crippen LogP contribution is -2.36. The summed E-state index contributed by atoms with van der Waals surface area (Å²) in [5, 5.41) is 0.466. The van der Waals surface area contributed by atoms with Crippen LogP contribution in [0.2, 0.25) is 0 Å². The van der Waals surface area contributed by atoms with E-state index in [1.807, 2.05) is 24.3 Å². The van der Waals surface area contributed by atoms with E-state index in [1.54, 1.807) is 7.05 Å². The van der Waals surface area contributed by atoms with Crippen LogP contribution >= 0.6 is 0 Å². The maximum atomic E-state index is 12.6. The number of furan rings is 1. The summed E-state index contributed by atoms with van der Waals surface area (Å²) in [5.74, 6) is 0.732. The second-order valence-electron chi connectivity index (χ2n) is 5.96. The van der Waals surface area contributed by atoms with Crippen LogP contribution in [0.4, 0.5) is 0 Å². The molecule has 2 aromatic heterocycles. The highest BCUT2D eigenvalue weighted by Gasteiger charge is 2.22. The zero-order valence-electron chi connectivity index (χ0n) is 13.0. The lowest BCUT2D eigenvalue weighted by Gasteiger charge is -2.09. The minimum absolute atomic E-state index is 0.317. The monoisotopic (exact) mass is 308 g/mol. The van der Waals surface area contributed by atoms with Crippen LogP contribution in [0.3, 0.4) is 0 Å². The molecule has 2 heterocycles. The van der Waals surface area contributed by atoms with Crippen molar-refractivity contribution in [2.45, 2.75) is 12.8 Å². The first-order chi connectivity index (χ1) is 11.1. The van der Waals surface area contributed by atoms with E-state index in [1.165, 1.54) is 22.8 Å². The second-order valence-corrected chi connectivity index (χ2v) is 5.96. The van der Waals surface area contributed by atoms with Gasteiger partial charge in [0, 0.05) is 26.1 Å². The summed E-state index contributed by atoms with van der Waals surface area (Å²) in [6.07, 6.45) is 13.6. The van der Waals surface area contributed by atoms with Crippen molar-refractivity contribution in [3.8, 4) is 0 Å². The van der Waals surface area contributed by atoms with Gasteiger partial charge in [-0.25, -0.2) is 4.79 Å². The van der Waals surface area contributed by atoms with Crippen LogP contribution in [-0.4, -0.2) is 9.13 Å². The lowest BCUT2D eigenvalue weighted by molar-refractivity contribution is 0.522. The van der Waals surface area contributed by atoms with Crippen molar-refractivity contribution in [1.29, 1.82) is 0 Å². The fourth-order valence-corrected chi connectivity index (χ4v) is 3.18. The molecule has 2 bridgehead atoms. The third kappa shape index (κ3) is 2.00. The van der Waals surface area contributed by atoms with Crippen LogP contribution in [0, 0.1) is 0 Å². The highest BCUT2D eigenvalue weighted by atomic mass is 16.3. The summed E-state index contributed by atoms with van der Waals surface area (Å²) in [6.45, 7) is 0.